The second-order valence-electron chi connectivity index (χ2n) is 7.94. The van der Waals surface area contributed by atoms with E-state index in [1.165, 1.54) is 11.4 Å². The summed E-state index contributed by atoms with van der Waals surface area (Å²) in [6.45, 7) is 7.74. The van der Waals surface area contributed by atoms with Crippen molar-refractivity contribution in [2.45, 2.75) is 39.9 Å². The summed E-state index contributed by atoms with van der Waals surface area (Å²) in [4.78, 5) is 15.0. The second-order valence-corrected chi connectivity index (χ2v) is 7.94. The van der Waals surface area contributed by atoms with Crippen molar-refractivity contribution in [3.8, 4) is 11.5 Å². The minimum absolute atomic E-state index is 0.101. The Morgan fingerprint density at radius 3 is 2.59 bits per heavy atom. The summed E-state index contributed by atoms with van der Waals surface area (Å²) in [5.41, 5.74) is 3.81. The molecular weight excluding hydrogens is 404 g/mol. The lowest BCUT2D eigenvalue weighted by molar-refractivity contribution is 0.0951. The van der Waals surface area contributed by atoms with E-state index in [1.807, 2.05) is 56.3 Å². The number of rotatable bonds is 8. The van der Waals surface area contributed by atoms with Gasteiger partial charge < -0.3 is 19.7 Å². The van der Waals surface area contributed by atoms with Crippen molar-refractivity contribution in [3.05, 3.63) is 70.9 Å². The van der Waals surface area contributed by atoms with E-state index >= 15 is 0 Å². The van der Waals surface area contributed by atoms with Crippen molar-refractivity contribution in [1.82, 2.24) is 15.1 Å². The second kappa shape index (κ2) is 9.77. The summed E-state index contributed by atoms with van der Waals surface area (Å²) < 4.78 is 13.0. The first kappa shape index (κ1) is 21.7. The number of aryl methyl sites for hydroxylation is 2. The zero-order valence-corrected chi connectivity index (χ0v) is 18.9. The Bertz CT molecular complexity index is 1080. The van der Waals surface area contributed by atoms with E-state index in [1.54, 1.807) is 7.11 Å². The summed E-state index contributed by atoms with van der Waals surface area (Å²) >= 11 is 0. The van der Waals surface area contributed by atoms with Gasteiger partial charge in [-0.1, -0.05) is 18.2 Å². The lowest BCUT2D eigenvalue weighted by Crippen LogP contribution is -2.31. The van der Waals surface area contributed by atoms with Gasteiger partial charge in [-0.15, -0.1) is 0 Å². The molecule has 0 saturated carbocycles. The summed E-state index contributed by atoms with van der Waals surface area (Å²) in [5.74, 6) is 2.43. The fourth-order valence-electron chi connectivity index (χ4n) is 4.00. The summed E-state index contributed by atoms with van der Waals surface area (Å²) in [5, 5.41) is 7.54. The Morgan fingerprint density at radius 1 is 1.06 bits per heavy atom. The third kappa shape index (κ3) is 4.88. The fraction of sp³-hybridized carbons (Fsp3) is 0.360. The van der Waals surface area contributed by atoms with E-state index in [0.717, 1.165) is 37.3 Å². The first-order valence-corrected chi connectivity index (χ1v) is 11.0. The Kier molecular flexibility index (Phi) is 6.63. The van der Waals surface area contributed by atoms with Crippen molar-refractivity contribution in [1.29, 1.82) is 0 Å². The van der Waals surface area contributed by atoms with Gasteiger partial charge in [0, 0.05) is 37.8 Å². The number of nitrogens with zero attached hydrogens (tertiary/aromatic N) is 3. The van der Waals surface area contributed by atoms with Gasteiger partial charge in [0.05, 0.1) is 19.4 Å². The predicted molar refractivity (Wildman–Crippen MR) is 124 cm³/mol. The van der Waals surface area contributed by atoms with E-state index in [-0.39, 0.29) is 5.91 Å². The van der Waals surface area contributed by atoms with Crippen LogP contribution in [0.25, 0.3) is 0 Å². The average molecular weight is 435 g/mol. The topological polar surface area (TPSA) is 68.6 Å². The monoisotopic (exact) mass is 434 g/mol. The van der Waals surface area contributed by atoms with Gasteiger partial charge in [0.2, 0.25) is 0 Å². The number of hydrogen-bond donors (Lipinski definition) is 1. The van der Waals surface area contributed by atoms with E-state index in [9.17, 15) is 4.79 Å². The first-order chi connectivity index (χ1) is 15.6. The quantitative estimate of drug-likeness (QED) is 0.582. The van der Waals surface area contributed by atoms with Gasteiger partial charge in [0.15, 0.2) is 11.5 Å². The van der Waals surface area contributed by atoms with Crippen LogP contribution in [0.4, 0.5) is 5.82 Å². The molecule has 4 rings (SSSR count). The molecule has 2 heterocycles. The standard InChI is InChI=1S/C25H30N4O3/c1-4-32-22-11-8-20(15-23(22)31-3)16-26-25(30)21-9-6-19(7-10-21)17-28-12-5-13-29-24(28)14-18(2)27-29/h6-11,14-15H,4-5,12-13,16-17H2,1-3H3,(H,26,30). The van der Waals surface area contributed by atoms with Crippen molar-refractivity contribution in [2.75, 3.05) is 25.2 Å². The molecule has 32 heavy (non-hydrogen) atoms. The largest absolute Gasteiger partial charge is 0.493 e. The van der Waals surface area contributed by atoms with Crippen LogP contribution in [-0.4, -0.2) is 35.9 Å². The number of hydrogen-bond acceptors (Lipinski definition) is 5. The van der Waals surface area contributed by atoms with Crippen LogP contribution in [0, 0.1) is 6.92 Å². The molecular formula is C25H30N4O3. The van der Waals surface area contributed by atoms with Gasteiger partial charge in [0.25, 0.3) is 5.91 Å². The molecule has 0 unspecified atom stereocenters. The number of carbonyl (C=O) groups excluding carboxylic acids is 1. The Hall–Kier alpha value is -3.48. The molecule has 0 saturated heterocycles. The summed E-state index contributed by atoms with van der Waals surface area (Å²) in [7, 11) is 1.61. The Balaban J connectivity index is 1.36. The summed E-state index contributed by atoms with van der Waals surface area (Å²) in [6, 6.07) is 15.6. The fourth-order valence-corrected chi connectivity index (χ4v) is 4.00. The van der Waals surface area contributed by atoms with Crippen LogP contribution in [0.2, 0.25) is 0 Å². The van der Waals surface area contributed by atoms with Gasteiger partial charge in [-0.05, 0) is 55.7 Å². The smallest absolute Gasteiger partial charge is 0.251 e. The molecule has 1 aliphatic rings. The van der Waals surface area contributed by atoms with Gasteiger partial charge >= 0.3 is 0 Å². The van der Waals surface area contributed by atoms with E-state index in [4.69, 9.17) is 9.47 Å². The third-order valence-electron chi connectivity index (χ3n) is 5.57. The number of aromatic nitrogens is 2. The predicted octanol–water partition coefficient (Wildman–Crippen LogP) is 3.94. The number of benzene rings is 2. The number of anilines is 1. The van der Waals surface area contributed by atoms with Gasteiger partial charge in [-0.2, -0.15) is 5.10 Å². The molecule has 1 N–H and O–H groups in total. The molecule has 1 aromatic heterocycles. The Morgan fingerprint density at radius 2 is 1.84 bits per heavy atom. The molecule has 0 fully saturated rings. The minimum Gasteiger partial charge on any atom is -0.493 e. The number of amides is 1. The molecule has 0 bridgehead atoms. The molecule has 2 aromatic carbocycles. The molecule has 7 nitrogen and oxygen atoms in total. The van der Waals surface area contributed by atoms with Gasteiger partial charge in [-0.3, -0.25) is 4.79 Å². The summed E-state index contributed by atoms with van der Waals surface area (Å²) in [6.07, 6.45) is 1.09. The maximum Gasteiger partial charge on any atom is 0.251 e. The number of nitrogens with one attached hydrogen (secondary N) is 1. The van der Waals surface area contributed by atoms with E-state index in [2.05, 4.69) is 26.1 Å². The lowest BCUT2D eigenvalue weighted by atomic mass is 10.1. The van der Waals surface area contributed by atoms with Crippen molar-refractivity contribution >= 4 is 11.7 Å². The highest BCUT2D eigenvalue weighted by molar-refractivity contribution is 5.94. The van der Waals surface area contributed by atoms with Crippen LogP contribution < -0.4 is 19.7 Å². The van der Waals surface area contributed by atoms with Crippen molar-refractivity contribution < 1.29 is 14.3 Å². The van der Waals surface area contributed by atoms with Crippen LogP contribution in [0.15, 0.2) is 48.5 Å². The number of methoxy groups -OCH3 is 1. The normalized spacial score (nSPS) is 12.9. The van der Waals surface area contributed by atoms with Gasteiger partial charge in [-0.25, -0.2) is 4.68 Å². The Labute approximate surface area is 188 Å². The number of carbonyl (C=O) groups is 1. The van der Waals surface area contributed by atoms with Gasteiger partial charge in [0.1, 0.15) is 5.82 Å². The van der Waals surface area contributed by atoms with Crippen LogP contribution in [0.5, 0.6) is 11.5 Å². The average Bonchev–Trinajstić information content (AvgIpc) is 3.20. The molecule has 3 aromatic rings. The van der Waals surface area contributed by atoms with Crippen molar-refractivity contribution in [2.24, 2.45) is 0 Å². The molecule has 0 aliphatic carbocycles. The first-order valence-electron chi connectivity index (χ1n) is 11.0. The highest BCUT2D eigenvalue weighted by Crippen LogP contribution is 2.28. The minimum atomic E-state index is -0.101. The number of ether oxygens (including phenoxy) is 2. The molecule has 1 amide bonds. The highest BCUT2D eigenvalue weighted by atomic mass is 16.5. The van der Waals surface area contributed by atoms with E-state index in [0.29, 0.717) is 30.2 Å². The van der Waals surface area contributed by atoms with Crippen LogP contribution in [0.3, 0.4) is 0 Å². The lowest BCUT2D eigenvalue weighted by Gasteiger charge is -2.29. The van der Waals surface area contributed by atoms with Crippen LogP contribution in [0.1, 0.15) is 40.5 Å². The van der Waals surface area contributed by atoms with Crippen LogP contribution >= 0.6 is 0 Å². The van der Waals surface area contributed by atoms with Crippen LogP contribution in [-0.2, 0) is 19.6 Å². The highest BCUT2D eigenvalue weighted by Gasteiger charge is 2.18. The third-order valence-corrected chi connectivity index (χ3v) is 5.57. The molecule has 168 valence electrons. The molecule has 1 aliphatic heterocycles. The van der Waals surface area contributed by atoms with E-state index < -0.39 is 0 Å². The maximum absolute atomic E-state index is 12.6. The molecule has 7 heteroatoms. The van der Waals surface area contributed by atoms with Crippen molar-refractivity contribution in [3.63, 3.8) is 0 Å². The maximum atomic E-state index is 12.6. The molecule has 0 atom stereocenters. The SMILES string of the molecule is CCOc1ccc(CNC(=O)c2ccc(CN3CCCn4nc(C)cc43)cc2)cc1OC. The zero-order valence-electron chi connectivity index (χ0n) is 18.9. The zero-order chi connectivity index (χ0) is 22.5. The molecule has 0 spiro atoms. The molecule has 0 radical (unpaired) electrons. The number of fused-ring (bicyclic) bond motifs is 1.